The molecule has 1 fully saturated rings. The summed E-state index contributed by atoms with van der Waals surface area (Å²) in [5.41, 5.74) is 18.6. The number of carboxylic acids is 1. The number of aliphatic hydroxyl groups is 1. The largest absolute Gasteiger partial charge is 0.480 e. The maximum absolute atomic E-state index is 13.3. The molecular weight excluding hydrogens is 520 g/mol. The number of carbonyl (C=O) groups excluding carboxylic acids is 3. The predicted molar refractivity (Wildman–Crippen MR) is 148 cm³/mol. The van der Waals surface area contributed by atoms with Crippen molar-refractivity contribution >= 4 is 40.6 Å². The monoisotopic (exact) mass is 558 g/mol. The minimum absolute atomic E-state index is 0.0253. The summed E-state index contributed by atoms with van der Waals surface area (Å²) in [5.74, 6) is -3.32. The Bertz CT molecular complexity index is 1240. The van der Waals surface area contributed by atoms with Crippen LogP contribution in [0, 0.1) is 0 Å². The number of nitrogens with zero attached hydrogens (tertiary/aromatic N) is 2. The van der Waals surface area contributed by atoms with E-state index in [9.17, 15) is 29.4 Å². The number of aliphatic imine (C=N–C) groups is 1. The third kappa shape index (κ3) is 7.70. The number of carboxylic acid groups (broad SMARTS) is 1. The van der Waals surface area contributed by atoms with Crippen LogP contribution >= 0.6 is 0 Å². The SMILES string of the molecule is CC(O)C(NC(=O)C1CCCN1C(=O)C(N)Cc1c[nH]c2ccccc12)C(=O)NC(CCCN=C(N)N)C(=O)O. The van der Waals surface area contributed by atoms with Crippen LogP contribution in [0.5, 0.6) is 0 Å². The minimum atomic E-state index is -1.44. The number of guanidine groups is 1. The van der Waals surface area contributed by atoms with E-state index >= 15 is 0 Å². The van der Waals surface area contributed by atoms with Crippen LogP contribution < -0.4 is 27.8 Å². The number of aromatic amines is 1. The van der Waals surface area contributed by atoms with Crippen molar-refractivity contribution in [3.8, 4) is 0 Å². The van der Waals surface area contributed by atoms with Gasteiger partial charge in [-0.15, -0.1) is 0 Å². The van der Waals surface area contributed by atoms with Gasteiger partial charge in [0.1, 0.15) is 18.1 Å². The van der Waals surface area contributed by atoms with Gasteiger partial charge in [0.15, 0.2) is 5.96 Å². The topological polar surface area (TPSA) is 242 Å². The molecule has 40 heavy (non-hydrogen) atoms. The average Bonchev–Trinajstić information content (AvgIpc) is 3.55. The van der Waals surface area contributed by atoms with Crippen molar-refractivity contribution in [1.29, 1.82) is 0 Å². The van der Waals surface area contributed by atoms with Gasteiger partial charge in [-0.2, -0.15) is 0 Å². The Morgan fingerprint density at radius 3 is 2.60 bits per heavy atom. The second kappa shape index (κ2) is 13.8. The average molecular weight is 559 g/mol. The molecule has 5 unspecified atom stereocenters. The molecule has 5 atom stereocenters. The fraction of sp³-hybridized carbons (Fsp3) is 0.500. The first-order chi connectivity index (χ1) is 19.0. The molecular formula is C26H38N8O6. The molecule has 14 nitrogen and oxygen atoms in total. The van der Waals surface area contributed by atoms with Crippen molar-refractivity contribution in [3.63, 3.8) is 0 Å². The van der Waals surface area contributed by atoms with E-state index in [1.165, 1.54) is 11.8 Å². The second-order valence-electron chi connectivity index (χ2n) is 9.93. The highest BCUT2D eigenvalue weighted by atomic mass is 16.4. The number of aliphatic carboxylic acids is 1. The molecule has 0 aliphatic carbocycles. The van der Waals surface area contributed by atoms with Gasteiger partial charge < -0.3 is 47.9 Å². The van der Waals surface area contributed by atoms with E-state index in [2.05, 4.69) is 20.6 Å². The molecule has 1 saturated heterocycles. The Morgan fingerprint density at radius 2 is 1.93 bits per heavy atom. The van der Waals surface area contributed by atoms with Crippen molar-refractivity contribution < 1.29 is 29.4 Å². The van der Waals surface area contributed by atoms with Gasteiger partial charge >= 0.3 is 5.97 Å². The number of likely N-dealkylation sites (tertiary alicyclic amines) is 1. The summed E-state index contributed by atoms with van der Waals surface area (Å²) in [5, 5.41) is 25.5. The number of rotatable bonds is 13. The Morgan fingerprint density at radius 1 is 1.20 bits per heavy atom. The zero-order chi connectivity index (χ0) is 29.4. The number of aromatic nitrogens is 1. The van der Waals surface area contributed by atoms with Crippen LogP contribution in [0.2, 0.25) is 0 Å². The maximum Gasteiger partial charge on any atom is 0.326 e. The van der Waals surface area contributed by atoms with E-state index in [1.807, 2.05) is 30.5 Å². The van der Waals surface area contributed by atoms with Crippen LogP contribution in [0.25, 0.3) is 10.9 Å². The molecule has 3 rings (SSSR count). The van der Waals surface area contributed by atoms with Gasteiger partial charge in [0.05, 0.1) is 12.1 Å². The number of amides is 3. The summed E-state index contributed by atoms with van der Waals surface area (Å²) in [6.45, 7) is 1.79. The summed E-state index contributed by atoms with van der Waals surface area (Å²) < 4.78 is 0. The van der Waals surface area contributed by atoms with Gasteiger partial charge in [0.25, 0.3) is 0 Å². The molecule has 218 valence electrons. The number of fused-ring (bicyclic) bond motifs is 1. The van der Waals surface area contributed by atoms with Gasteiger partial charge in [-0.05, 0) is 50.7 Å². The first-order valence-corrected chi connectivity index (χ1v) is 13.2. The lowest BCUT2D eigenvalue weighted by molar-refractivity contribution is -0.144. The molecule has 1 aliphatic heterocycles. The minimum Gasteiger partial charge on any atom is -0.480 e. The van der Waals surface area contributed by atoms with Crippen molar-refractivity contribution in [2.24, 2.45) is 22.2 Å². The first kappa shape index (κ1) is 30.4. The zero-order valence-electron chi connectivity index (χ0n) is 22.4. The first-order valence-electron chi connectivity index (χ1n) is 13.2. The molecule has 14 heteroatoms. The van der Waals surface area contributed by atoms with Gasteiger partial charge in [-0.3, -0.25) is 19.4 Å². The summed E-state index contributed by atoms with van der Waals surface area (Å²) in [7, 11) is 0. The van der Waals surface area contributed by atoms with E-state index in [0.29, 0.717) is 19.4 Å². The third-order valence-electron chi connectivity index (χ3n) is 6.89. The highest BCUT2D eigenvalue weighted by Gasteiger charge is 2.39. The normalized spacial score (nSPS) is 18.0. The van der Waals surface area contributed by atoms with E-state index in [1.54, 1.807) is 0 Å². The Kier molecular flexibility index (Phi) is 10.4. The summed E-state index contributed by atoms with van der Waals surface area (Å²) in [4.78, 5) is 59.3. The van der Waals surface area contributed by atoms with Gasteiger partial charge in [0, 0.05) is 30.2 Å². The molecule has 1 aliphatic rings. The Balaban J connectivity index is 1.62. The number of aliphatic hydroxyl groups excluding tert-OH is 1. The highest BCUT2D eigenvalue weighted by molar-refractivity contribution is 5.95. The third-order valence-corrected chi connectivity index (χ3v) is 6.89. The quantitative estimate of drug-likeness (QED) is 0.0810. The number of carbonyl (C=O) groups is 4. The van der Waals surface area contributed by atoms with Crippen molar-refractivity contribution in [1.82, 2.24) is 20.5 Å². The van der Waals surface area contributed by atoms with Crippen molar-refractivity contribution in [2.45, 2.75) is 69.3 Å². The Labute approximate surface area is 231 Å². The zero-order valence-corrected chi connectivity index (χ0v) is 22.4. The molecule has 2 aromatic rings. The van der Waals surface area contributed by atoms with Crippen LogP contribution in [0.4, 0.5) is 0 Å². The number of para-hydroxylation sites is 1. The number of hydrogen-bond donors (Lipinski definition) is 8. The van der Waals surface area contributed by atoms with Crippen LogP contribution in [0.3, 0.4) is 0 Å². The molecule has 0 bridgehead atoms. The molecule has 0 radical (unpaired) electrons. The molecule has 1 aromatic heterocycles. The Hall–Kier alpha value is -4.17. The molecule has 0 spiro atoms. The molecule has 1 aromatic carbocycles. The number of benzene rings is 1. The fourth-order valence-electron chi connectivity index (χ4n) is 4.82. The van der Waals surface area contributed by atoms with E-state index in [-0.39, 0.29) is 31.8 Å². The smallest absolute Gasteiger partial charge is 0.326 e. The van der Waals surface area contributed by atoms with Crippen molar-refractivity contribution in [2.75, 3.05) is 13.1 Å². The fourth-order valence-corrected chi connectivity index (χ4v) is 4.82. The van der Waals surface area contributed by atoms with Gasteiger partial charge in [-0.1, -0.05) is 18.2 Å². The number of nitrogens with two attached hydrogens (primary N) is 3. The van der Waals surface area contributed by atoms with Crippen LogP contribution in [0.1, 0.15) is 38.2 Å². The lowest BCUT2D eigenvalue weighted by atomic mass is 10.0. The molecule has 0 saturated carbocycles. The van der Waals surface area contributed by atoms with Gasteiger partial charge in [0.2, 0.25) is 17.7 Å². The standard InChI is InChI=1S/C26H38N8O6/c1-14(35)21(23(37)32-19(25(39)40)8-4-10-30-26(28)29)33-22(36)20-9-5-11-34(20)24(38)17(27)12-15-13-31-18-7-3-2-6-16(15)18/h2-3,6-7,13-14,17,19-21,31,35H,4-5,8-12,27H2,1H3,(H,32,37)(H,33,36)(H,39,40)(H4,28,29,30). The van der Waals surface area contributed by atoms with Crippen LogP contribution in [-0.2, 0) is 25.6 Å². The van der Waals surface area contributed by atoms with Crippen molar-refractivity contribution in [3.05, 3.63) is 36.0 Å². The number of nitrogens with one attached hydrogen (secondary N) is 3. The van der Waals surface area contributed by atoms with Crippen LogP contribution in [-0.4, -0.2) is 93.1 Å². The summed E-state index contributed by atoms with van der Waals surface area (Å²) in [6.07, 6.45) is 1.96. The highest BCUT2D eigenvalue weighted by Crippen LogP contribution is 2.22. The lowest BCUT2D eigenvalue weighted by Gasteiger charge is -2.29. The molecule has 3 amide bonds. The van der Waals surface area contributed by atoms with Crippen LogP contribution in [0.15, 0.2) is 35.5 Å². The van der Waals surface area contributed by atoms with Gasteiger partial charge in [-0.25, -0.2) is 4.79 Å². The van der Waals surface area contributed by atoms with E-state index in [4.69, 9.17) is 17.2 Å². The number of hydrogen-bond acceptors (Lipinski definition) is 7. The van der Waals surface area contributed by atoms with E-state index in [0.717, 1.165) is 16.5 Å². The molecule has 2 heterocycles. The second-order valence-corrected chi connectivity index (χ2v) is 9.93. The lowest BCUT2D eigenvalue weighted by Crippen LogP contribution is -2.59. The maximum atomic E-state index is 13.3. The predicted octanol–water partition coefficient (Wildman–Crippen LogP) is -1.48. The molecule has 11 N–H and O–H groups in total. The summed E-state index contributed by atoms with van der Waals surface area (Å²) >= 11 is 0. The summed E-state index contributed by atoms with van der Waals surface area (Å²) in [6, 6.07) is 3.16. The van der Waals surface area contributed by atoms with E-state index < -0.39 is 54.0 Å². The number of H-pyrrole nitrogens is 1.